The minimum absolute atomic E-state index is 0.247. The number of carbonyl (C=O) groups excluding carboxylic acids is 2. The fraction of sp³-hybridized carbons (Fsp3) is 0. The molecule has 5 heteroatoms. The molecule has 1 aromatic heterocycles. The van der Waals surface area contributed by atoms with Crippen molar-refractivity contribution in [3.63, 3.8) is 0 Å². The smallest absolute Gasteiger partial charge is 0.365 e. The van der Waals surface area contributed by atoms with Gasteiger partial charge in [0.2, 0.25) is 0 Å². The molecule has 5 nitrogen and oxygen atoms in total. The summed E-state index contributed by atoms with van der Waals surface area (Å²) in [4.78, 5) is 21.2. The number of primary amides is 2. The van der Waals surface area contributed by atoms with E-state index < -0.39 is 11.9 Å². The average Bonchev–Trinajstić information content (AvgIpc) is 2.04. The molecule has 0 atom stereocenters. The molecular formula is C7H8N3O2+. The van der Waals surface area contributed by atoms with Crippen LogP contribution in [0.2, 0.25) is 0 Å². The monoisotopic (exact) mass is 166 g/mol. The molecule has 1 heterocycles. The van der Waals surface area contributed by atoms with E-state index >= 15 is 0 Å². The second-order valence-corrected chi connectivity index (χ2v) is 2.20. The molecule has 0 saturated heterocycles. The number of hydrogen-bond donors (Lipinski definition) is 2. The van der Waals surface area contributed by atoms with Crippen LogP contribution in [-0.2, 0) is 0 Å². The van der Waals surface area contributed by atoms with Crippen LogP contribution in [0.1, 0.15) is 10.4 Å². The highest BCUT2D eigenvalue weighted by Crippen LogP contribution is 1.90. The maximum Gasteiger partial charge on any atom is 0.493 e. The summed E-state index contributed by atoms with van der Waals surface area (Å²) in [6, 6.07) is 2.37. The zero-order valence-electron chi connectivity index (χ0n) is 6.23. The number of nitrogens with two attached hydrogens (primary N) is 2. The normalized spacial score (nSPS) is 9.33. The van der Waals surface area contributed by atoms with Crippen LogP contribution in [0, 0.1) is 0 Å². The largest absolute Gasteiger partial charge is 0.493 e. The van der Waals surface area contributed by atoms with Crippen molar-refractivity contribution < 1.29 is 14.2 Å². The van der Waals surface area contributed by atoms with E-state index in [-0.39, 0.29) is 5.56 Å². The molecule has 2 amide bonds. The molecule has 0 saturated carbocycles. The topological polar surface area (TPSA) is 90.1 Å². The van der Waals surface area contributed by atoms with Crippen molar-refractivity contribution in [2.45, 2.75) is 0 Å². The van der Waals surface area contributed by atoms with Crippen LogP contribution in [0.4, 0.5) is 4.79 Å². The van der Waals surface area contributed by atoms with Crippen molar-refractivity contribution in [2.75, 3.05) is 0 Å². The lowest BCUT2D eigenvalue weighted by molar-refractivity contribution is -0.569. The number of amides is 2. The van der Waals surface area contributed by atoms with E-state index in [9.17, 15) is 9.59 Å². The van der Waals surface area contributed by atoms with Crippen LogP contribution in [0.15, 0.2) is 24.5 Å². The second-order valence-electron chi connectivity index (χ2n) is 2.20. The van der Waals surface area contributed by atoms with E-state index in [0.29, 0.717) is 0 Å². The van der Waals surface area contributed by atoms with Crippen molar-refractivity contribution in [1.29, 1.82) is 0 Å². The summed E-state index contributed by atoms with van der Waals surface area (Å²) in [5, 5.41) is 0. The van der Waals surface area contributed by atoms with Crippen LogP contribution in [0.3, 0.4) is 0 Å². The van der Waals surface area contributed by atoms with Gasteiger partial charge >= 0.3 is 6.03 Å². The lowest BCUT2D eigenvalue weighted by Crippen LogP contribution is -2.47. The van der Waals surface area contributed by atoms with Crippen molar-refractivity contribution in [3.05, 3.63) is 30.1 Å². The van der Waals surface area contributed by atoms with Gasteiger partial charge in [-0.1, -0.05) is 0 Å². The van der Waals surface area contributed by atoms with E-state index in [4.69, 9.17) is 11.5 Å². The van der Waals surface area contributed by atoms with Gasteiger partial charge in [-0.25, -0.2) is 0 Å². The molecule has 0 spiro atoms. The third-order valence-corrected chi connectivity index (χ3v) is 1.34. The van der Waals surface area contributed by atoms with Gasteiger partial charge < -0.3 is 5.73 Å². The maximum atomic E-state index is 10.6. The summed E-state index contributed by atoms with van der Waals surface area (Å²) in [6.45, 7) is 0. The van der Waals surface area contributed by atoms with Gasteiger partial charge in [-0.2, -0.15) is 9.36 Å². The fourth-order valence-corrected chi connectivity index (χ4v) is 0.758. The minimum atomic E-state index is -0.655. The lowest BCUT2D eigenvalue weighted by Gasteiger charge is -1.94. The molecule has 0 bridgehead atoms. The quantitative estimate of drug-likeness (QED) is 0.524. The van der Waals surface area contributed by atoms with Crippen LogP contribution >= 0.6 is 0 Å². The van der Waals surface area contributed by atoms with Crippen LogP contribution in [-0.4, -0.2) is 11.9 Å². The molecular weight excluding hydrogens is 158 g/mol. The Morgan fingerprint density at radius 1 is 1.33 bits per heavy atom. The van der Waals surface area contributed by atoms with Gasteiger partial charge in [0.25, 0.3) is 5.91 Å². The zero-order chi connectivity index (χ0) is 9.14. The first-order chi connectivity index (χ1) is 5.61. The number of rotatable bonds is 1. The predicted molar refractivity (Wildman–Crippen MR) is 40.1 cm³/mol. The Labute approximate surface area is 68.6 Å². The van der Waals surface area contributed by atoms with Gasteiger partial charge in [-0.3, -0.25) is 10.5 Å². The second kappa shape index (κ2) is 3.00. The van der Waals surface area contributed by atoms with Gasteiger partial charge in [0.05, 0.1) is 11.8 Å². The average molecular weight is 166 g/mol. The summed E-state index contributed by atoms with van der Waals surface area (Å²) in [6.07, 6.45) is 2.72. The minimum Gasteiger partial charge on any atom is -0.365 e. The van der Waals surface area contributed by atoms with Gasteiger partial charge in [0.1, 0.15) is 6.20 Å². The highest BCUT2D eigenvalue weighted by molar-refractivity contribution is 5.92. The Kier molecular flexibility index (Phi) is 2.05. The highest BCUT2D eigenvalue weighted by Gasteiger charge is 2.08. The van der Waals surface area contributed by atoms with Crippen molar-refractivity contribution >= 4 is 11.9 Å². The third-order valence-electron chi connectivity index (χ3n) is 1.34. The standard InChI is InChI=1S/C7H7N3O2/c8-6(11)5-2-1-3-10(4-5)7(9)12/h1-4H,(H3-,8,9,11,12)/p+1. The first-order valence-electron chi connectivity index (χ1n) is 3.22. The molecule has 0 aromatic carbocycles. The molecule has 0 unspecified atom stereocenters. The first-order valence-corrected chi connectivity index (χ1v) is 3.22. The summed E-state index contributed by atoms with van der Waals surface area (Å²) >= 11 is 0. The summed E-state index contributed by atoms with van der Waals surface area (Å²) in [5.74, 6) is -0.592. The summed E-state index contributed by atoms with van der Waals surface area (Å²) < 4.78 is 1.08. The Morgan fingerprint density at radius 3 is 2.50 bits per heavy atom. The van der Waals surface area contributed by atoms with Crippen molar-refractivity contribution in [1.82, 2.24) is 0 Å². The Balaban J connectivity index is 3.12. The molecule has 62 valence electrons. The lowest BCUT2D eigenvalue weighted by atomic mass is 10.3. The van der Waals surface area contributed by atoms with Gasteiger partial charge in [-0.05, 0) is 12.1 Å². The number of hydrogen-bond acceptors (Lipinski definition) is 2. The molecule has 4 N–H and O–H groups in total. The molecule has 0 radical (unpaired) electrons. The zero-order valence-corrected chi connectivity index (χ0v) is 6.23. The van der Waals surface area contributed by atoms with Crippen LogP contribution in [0.5, 0.6) is 0 Å². The number of carbonyl (C=O) groups is 2. The van der Waals surface area contributed by atoms with Crippen LogP contribution in [0.25, 0.3) is 0 Å². The Hall–Kier alpha value is -1.91. The van der Waals surface area contributed by atoms with Crippen molar-refractivity contribution in [2.24, 2.45) is 11.5 Å². The first kappa shape index (κ1) is 8.19. The highest BCUT2D eigenvalue weighted by atomic mass is 16.2. The van der Waals surface area contributed by atoms with Crippen LogP contribution < -0.4 is 16.0 Å². The van der Waals surface area contributed by atoms with Gasteiger partial charge in [0.15, 0.2) is 0 Å². The summed E-state index contributed by atoms with van der Waals surface area (Å²) in [7, 11) is 0. The molecule has 1 aromatic rings. The SMILES string of the molecule is NC(=O)c1ccc[n+](C(N)=O)c1. The number of pyridine rings is 1. The van der Waals surface area contributed by atoms with E-state index in [1.54, 1.807) is 0 Å². The van der Waals surface area contributed by atoms with E-state index in [1.807, 2.05) is 0 Å². The third kappa shape index (κ3) is 1.57. The number of aromatic nitrogens is 1. The number of nitrogens with zero attached hydrogens (tertiary/aromatic N) is 1. The van der Waals surface area contributed by atoms with E-state index in [1.165, 1.54) is 24.5 Å². The van der Waals surface area contributed by atoms with Gasteiger partial charge in [-0.15, -0.1) is 0 Å². The van der Waals surface area contributed by atoms with Gasteiger partial charge in [0, 0.05) is 0 Å². The molecule has 1 rings (SSSR count). The molecule has 0 aliphatic heterocycles. The molecule has 0 fully saturated rings. The maximum absolute atomic E-state index is 10.6. The Bertz CT molecular complexity index is 306. The summed E-state index contributed by atoms with van der Waals surface area (Å²) in [5.41, 5.74) is 10.2. The molecule has 0 aliphatic carbocycles. The predicted octanol–water partition coefficient (Wildman–Crippen LogP) is -1.00. The van der Waals surface area contributed by atoms with E-state index in [0.717, 1.165) is 4.57 Å². The molecule has 0 aliphatic rings. The Morgan fingerprint density at radius 2 is 2.00 bits per heavy atom. The van der Waals surface area contributed by atoms with Crippen molar-refractivity contribution in [3.8, 4) is 0 Å². The van der Waals surface area contributed by atoms with E-state index in [2.05, 4.69) is 0 Å². The molecule has 12 heavy (non-hydrogen) atoms. The fourth-order valence-electron chi connectivity index (χ4n) is 0.758.